The molecule has 9 nitrogen and oxygen atoms in total. The molecule has 1 fully saturated rings. The van der Waals surface area contributed by atoms with E-state index in [0.717, 1.165) is 62.7 Å². The first kappa shape index (κ1) is 26.0. The number of hydrogen-bond acceptors (Lipinski definition) is 8. The van der Waals surface area contributed by atoms with Crippen molar-refractivity contribution in [3.05, 3.63) is 0 Å². The van der Waals surface area contributed by atoms with Gasteiger partial charge in [0.05, 0.1) is 25.5 Å². The van der Waals surface area contributed by atoms with Gasteiger partial charge in [0.25, 0.3) is 0 Å². The Morgan fingerprint density at radius 3 is 2.42 bits per heavy atom. The molecule has 1 aromatic heterocycles. The van der Waals surface area contributed by atoms with Crippen LogP contribution < -0.4 is 5.32 Å². The zero-order valence-corrected chi connectivity index (χ0v) is 20.3. The van der Waals surface area contributed by atoms with Crippen molar-refractivity contribution < 1.29 is 22.7 Å². The van der Waals surface area contributed by atoms with E-state index in [1.807, 2.05) is 0 Å². The first-order valence-electron chi connectivity index (χ1n) is 11.3. The van der Waals surface area contributed by atoms with Crippen LogP contribution in [-0.2, 0) is 19.3 Å². The van der Waals surface area contributed by atoms with E-state index in [0.29, 0.717) is 32.7 Å². The molecule has 0 radical (unpaired) electrons. The quantitative estimate of drug-likeness (QED) is 0.318. The van der Waals surface area contributed by atoms with Crippen molar-refractivity contribution in [3.63, 3.8) is 0 Å². The number of carbonyl (C=O) groups excluding carboxylic acids is 1. The van der Waals surface area contributed by atoms with Crippen LogP contribution in [0.5, 0.6) is 0 Å². The predicted molar refractivity (Wildman–Crippen MR) is 121 cm³/mol. The summed E-state index contributed by atoms with van der Waals surface area (Å²) >= 11 is 0.896. The van der Waals surface area contributed by atoms with Crippen LogP contribution in [0.4, 0.5) is 9.93 Å². The standard InChI is InChI=1S/C20H36N4O5S2/c1-3-5-7-9-12-24(16-17-28-13-11-14-29-17)19(25)21-18-22-23-20(30-18)31(26,27)15-10-8-6-4-2/h17H,3-16H2,1-2H3,(H,21,22,25). The highest BCUT2D eigenvalue weighted by atomic mass is 32.2. The molecule has 1 saturated heterocycles. The Morgan fingerprint density at radius 2 is 1.74 bits per heavy atom. The minimum atomic E-state index is -3.48. The Kier molecular flexibility index (Phi) is 11.7. The maximum atomic E-state index is 12.8. The molecule has 2 heterocycles. The first-order chi connectivity index (χ1) is 15.0. The van der Waals surface area contributed by atoms with Crippen LogP contribution >= 0.6 is 11.3 Å². The van der Waals surface area contributed by atoms with Crippen LogP contribution in [0.25, 0.3) is 0 Å². The lowest BCUT2D eigenvalue weighted by atomic mass is 10.2. The maximum Gasteiger partial charge on any atom is 0.323 e. The SMILES string of the molecule is CCCCCCN(CC1OCCCO1)C(=O)Nc1nnc(S(=O)(=O)CCCCCC)s1. The molecule has 2 rings (SSSR count). The van der Waals surface area contributed by atoms with Crippen LogP contribution in [0.15, 0.2) is 4.34 Å². The molecule has 0 aromatic carbocycles. The summed E-state index contributed by atoms with van der Waals surface area (Å²) in [7, 11) is -3.48. The van der Waals surface area contributed by atoms with Crippen LogP contribution in [0.1, 0.15) is 71.6 Å². The van der Waals surface area contributed by atoms with Gasteiger partial charge in [-0.05, 0) is 19.3 Å². The number of nitrogens with zero attached hydrogens (tertiary/aromatic N) is 3. The third-order valence-corrected chi connectivity index (χ3v) is 8.07. The van der Waals surface area contributed by atoms with E-state index in [1.165, 1.54) is 0 Å². The molecule has 0 aliphatic carbocycles. The average Bonchev–Trinajstić information content (AvgIpc) is 3.23. The molecule has 0 bridgehead atoms. The fraction of sp³-hybridized carbons (Fsp3) is 0.850. The number of anilines is 1. The zero-order chi connectivity index (χ0) is 22.5. The number of sulfone groups is 1. The van der Waals surface area contributed by atoms with E-state index >= 15 is 0 Å². The highest BCUT2D eigenvalue weighted by molar-refractivity contribution is 7.93. The second-order valence-corrected chi connectivity index (χ2v) is 11.0. The van der Waals surface area contributed by atoms with Gasteiger partial charge in [0.15, 0.2) is 6.29 Å². The summed E-state index contributed by atoms with van der Waals surface area (Å²) in [5.41, 5.74) is 0. The normalized spacial score (nSPS) is 15.2. The number of rotatable bonds is 14. The van der Waals surface area contributed by atoms with Crippen LogP contribution in [0, 0.1) is 0 Å². The Morgan fingerprint density at radius 1 is 1.06 bits per heavy atom. The van der Waals surface area contributed by atoms with E-state index in [1.54, 1.807) is 4.90 Å². The number of amides is 2. The Balaban J connectivity index is 1.94. The molecule has 0 unspecified atom stereocenters. The molecule has 1 aliphatic heterocycles. The van der Waals surface area contributed by atoms with Crippen molar-refractivity contribution in [1.82, 2.24) is 15.1 Å². The molecule has 0 saturated carbocycles. The molecular weight excluding hydrogens is 440 g/mol. The van der Waals surface area contributed by atoms with Crippen molar-refractivity contribution in [2.75, 3.05) is 37.4 Å². The Hall–Kier alpha value is -1.30. The van der Waals surface area contributed by atoms with Gasteiger partial charge >= 0.3 is 6.03 Å². The molecule has 0 spiro atoms. The van der Waals surface area contributed by atoms with Crippen LogP contribution in [-0.4, -0.2) is 67.9 Å². The second kappa shape index (κ2) is 14.0. The summed E-state index contributed by atoms with van der Waals surface area (Å²) in [6, 6.07) is -0.350. The first-order valence-corrected chi connectivity index (χ1v) is 13.8. The lowest BCUT2D eigenvalue weighted by Crippen LogP contribution is -2.43. The van der Waals surface area contributed by atoms with E-state index < -0.39 is 16.1 Å². The number of ether oxygens (including phenoxy) is 2. The number of urea groups is 1. The number of hydrogen-bond donors (Lipinski definition) is 1. The Bertz CT molecular complexity index is 751. The maximum absolute atomic E-state index is 12.8. The molecule has 11 heteroatoms. The summed E-state index contributed by atoms with van der Waals surface area (Å²) in [6.45, 7) is 6.33. The average molecular weight is 477 g/mol. The summed E-state index contributed by atoms with van der Waals surface area (Å²) in [5.74, 6) is 0.0511. The largest absolute Gasteiger partial charge is 0.351 e. The van der Waals surface area contributed by atoms with Crippen LogP contribution in [0.2, 0.25) is 0 Å². The highest BCUT2D eigenvalue weighted by Crippen LogP contribution is 2.22. The summed E-state index contributed by atoms with van der Waals surface area (Å²) < 4.78 is 36.0. The minimum absolute atomic E-state index is 0.0484. The van der Waals surface area contributed by atoms with Crippen molar-refractivity contribution in [3.8, 4) is 0 Å². The number of aromatic nitrogens is 2. The van der Waals surface area contributed by atoms with Gasteiger partial charge in [-0.25, -0.2) is 13.2 Å². The van der Waals surface area contributed by atoms with Gasteiger partial charge in [0.1, 0.15) is 0 Å². The molecule has 1 aromatic rings. The molecular formula is C20H36N4O5S2. The summed E-state index contributed by atoms with van der Waals surface area (Å²) in [6.07, 6.45) is 8.06. The topological polar surface area (TPSA) is 111 Å². The minimum Gasteiger partial charge on any atom is -0.351 e. The van der Waals surface area contributed by atoms with Gasteiger partial charge in [-0.15, -0.1) is 10.2 Å². The highest BCUT2D eigenvalue weighted by Gasteiger charge is 2.24. The van der Waals surface area contributed by atoms with E-state index in [2.05, 4.69) is 29.4 Å². The lowest BCUT2D eigenvalue weighted by Gasteiger charge is -2.29. The molecule has 178 valence electrons. The second-order valence-electron chi connectivity index (χ2n) is 7.71. The van der Waals surface area contributed by atoms with Crippen molar-refractivity contribution in [2.24, 2.45) is 0 Å². The fourth-order valence-corrected chi connectivity index (χ4v) is 5.58. The monoisotopic (exact) mass is 476 g/mol. The van der Waals surface area contributed by atoms with Crippen molar-refractivity contribution >= 4 is 32.3 Å². The number of unbranched alkanes of at least 4 members (excludes halogenated alkanes) is 6. The molecule has 1 aliphatic rings. The van der Waals surface area contributed by atoms with E-state index in [4.69, 9.17) is 9.47 Å². The lowest BCUT2D eigenvalue weighted by molar-refractivity contribution is -0.183. The van der Waals surface area contributed by atoms with Gasteiger partial charge < -0.3 is 14.4 Å². The fourth-order valence-electron chi connectivity index (χ4n) is 3.19. The van der Waals surface area contributed by atoms with E-state index in [9.17, 15) is 13.2 Å². The third-order valence-electron chi connectivity index (χ3n) is 4.99. The van der Waals surface area contributed by atoms with Gasteiger partial charge in [0, 0.05) is 6.54 Å². The molecule has 31 heavy (non-hydrogen) atoms. The third kappa shape index (κ3) is 9.38. The van der Waals surface area contributed by atoms with Gasteiger partial charge in [-0.3, -0.25) is 5.32 Å². The zero-order valence-electron chi connectivity index (χ0n) is 18.7. The number of nitrogens with one attached hydrogen (secondary N) is 1. The van der Waals surface area contributed by atoms with E-state index in [-0.39, 0.29) is 21.3 Å². The summed E-state index contributed by atoms with van der Waals surface area (Å²) in [5, 5.41) is 10.6. The Labute approximate surface area is 189 Å². The van der Waals surface area contributed by atoms with Crippen molar-refractivity contribution in [1.29, 1.82) is 0 Å². The summed E-state index contributed by atoms with van der Waals surface area (Å²) in [4.78, 5) is 14.5. The molecule has 2 amide bonds. The van der Waals surface area contributed by atoms with Gasteiger partial charge in [0.2, 0.25) is 19.3 Å². The molecule has 0 atom stereocenters. The van der Waals surface area contributed by atoms with Gasteiger partial charge in [-0.2, -0.15) is 0 Å². The van der Waals surface area contributed by atoms with Crippen LogP contribution in [0.3, 0.4) is 0 Å². The predicted octanol–water partition coefficient (Wildman–Crippen LogP) is 4.07. The van der Waals surface area contributed by atoms with Crippen molar-refractivity contribution in [2.45, 2.75) is 82.3 Å². The smallest absolute Gasteiger partial charge is 0.323 e. The number of carbonyl (C=O) groups is 1. The van der Waals surface area contributed by atoms with Gasteiger partial charge in [-0.1, -0.05) is 63.7 Å². The molecule has 1 N–H and O–H groups in total.